The zero-order chi connectivity index (χ0) is 15.4. The molecule has 1 aliphatic rings. The van der Waals surface area contributed by atoms with Gasteiger partial charge in [0.1, 0.15) is 0 Å². The first-order valence-electron chi connectivity index (χ1n) is 8.03. The van der Waals surface area contributed by atoms with Crippen molar-refractivity contribution in [3.05, 3.63) is 36.0 Å². The van der Waals surface area contributed by atoms with E-state index in [4.69, 9.17) is 0 Å². The molecule has 0 fully saturated rings. The predicted octanol–water partition coefficient (Wildman–Crippen LogP) is 3.41. The van der Waals surface area contributed by atoms with Crippen LogP contribution in [0, 0.1) is 5.92 Å². The lowest BCUT2D eigenvalue weighted by molar-refractivity contribution is 0.605. The lowest BCUT2D eigenvalue weighted by Crippen LogP contribution is -2.26. The molecule has 0 unspecified atom stereocenters. The SMILES string of the molecule is CC(C)CCNc1nncc(N2CCCc3ccccc32)n1. The summed E-state index contributed by atoms with van der Waals surface area (Å²) in [6, 6.07) is 8.52. The fraction of sp³-hybridized carbons (Fsp3) is 0.471. The highest BCUT2D eigenvalue weighted by Crippen LogP contribution is 2.31. The molecule has 0 bridgehead atoms. The number of aromatic nitrogens is 3. The van der Waals surface area contributed by atoms with Gasteiger partial charge >= 0.3 is 0 Å². The number of rotatable bonds is 5. The van der Waals surface area contributed by atoms with Gasteiger partial charge in [0.2, 0.25) is 5.95 Å². The van der Waals surface area contributed by atoms with Crippen LogP contribution in [0.2, 0.25) is 0 Å². The van der Waals surface area contributed by atoms with Crippen LogP contribution in [-0.2, 0) is 6.42 Å². The Kier molecular flexibility index (Phi) is 4.51. The van der Waals surface area contributed by atoms with E-state index in [9.17, 15) is 0 Å². The molecule has 1 N–H and O–H groups in total. The van der Waals surface area contributed by atoms with E-state index >= 15 is 0 Å². The molecule has 0 saturated heterocycles. The average Bonchev–Trinajstić information content (AvgIpc) is 2.54. The highest BCUT2D eigenvalue weighted by atomic mass is 15.3. The molecule has 0 saturated carbocycles. The minimum atomic E-state index is 0.612. The summed E-state index contributed by atoms with van der Waals surface area (Å²) in [6.07, 6.45) is 5.11. The largest absolute Gasteiger partial charge is 0.353 e. The maximum Gasteiger partial charge on any atom is 0.244 e. The molecule has 0 spiro atoms. The van der Waals surface area contributed by atoms with Gasteiger partial charge in [-0.25, -0.2) is 0 Å². The Hall–Kier alpha value is -2.17. The number of aryl methyl sites for hydroxylation is 1. The molecule has 0 atom stereocenters. The number of fused-ring (bicyclic) bond motifs is 1. The number of nitrogens with zero attached hydrogens (tertiary/aromatic N) is 4. The Morgan fingerprint density at radius 1 is 1.27 bits per heavy atom. The molecule has 0 aliphatic carbocycles. The third-order valence-corrected chi connectivity index (χ3v) is 3.94. The highest BCUT2D eigenvalue weighted by molar-refractivity contribution is 5.65. The van der Waals surface area contributed by atoms with Gasteiger partial charge in [-0.05, 0) is 36.8 Å². The number of benzene rings is 1. The van der Waals surface area contributed by atoms with Crippen LogP contribution in [0.25, 0.3) is 0 Å². The van der Waals surface area contributed by atoms with E-state index < -0.39 is 0 Å². The first-order chi connectivity index (χ1) is 10.7. The second-order valence-corrected chi connectivity index (χ2v) is 6.13. The Balaban J connectivity index is 1.78. The lowest BCUT2D eigenvalue weighted by Gasteiger charge is -2.30. The van der Waals surface area contributed by atoms with E-state index in [2.05, 4.69) is 63.5 Å². The predicted molar refractivity (Wildman–Crippen MR) is 89.5 cm³/mol. The van der Waals surface area contributed by atoms with Crippen LogP contribution in [0.4, 0.5) is 17.5 Å². The molecule has 22 heavy (non-hydrogen) atoms. The van der Waals surface area contributed by atoms with Gasteiger partial charge in [-0.2, -0.15) is 10.1 Å². The zero-order valence-corrected chi connectivity index (χ0v) is 13.3. The van der Waals surface area contributed by atoms with Crippen molar-refractivity contribution in [3.8, 4) is 0 Å². The molecule has 1 aromatic heterocycles. The second-order valence-electron chi connectivity index (χ2n) is 6.13. The molecule has 5 heteroatoms. The van der Waals surface area contributed by atoms with Crippen LogP contribution in [0.5, 0.6) is 0 Å². The molecule has 0 radical (unpaired) electrons. The highest BCUT2D eigenvalue weighted by Gasteiger charge is 2.19. The van der Waals surface area contributed by atoms with Crippen molar-refractivity contribution in [2.24, 2.45) is 5.92 Å². The van der Waals surface area contributed by atoms with E-state index in [1.54, 1.807) is 6.20 Å². The topological polar surface area (TPSA) is 53.9 Å². The van der Waals surface area contributed by atoms with Gasteiger partial charge in [-0.3, -0.25) is 0 Å². The molecule has 2 aromatic rings. The van der Waals surface area contributed by atoms with E-state index in [0.717, 1.165) is 38.2 Å². The van der Waals surface area contributed by atoms with Gasteiger partial charge in [0.05, 0.1) is 6.20 Å². The fourth-order valence-corrected chi connectivity index (χ4v) is 2.74. The number of nitrogens with one attached hydrogen (secondary N) is 1. The van der Waals surface area contributed by atoms with Crippen molar-refractivity contribution >= 4 is 17.5 Å². The molecule has 0 amide bonds. The van der Waals surface area contributed by atoms with E-state index in [0.29, 0.717) is 11.9 Å². The Labute approximate surface area is 131 Å². The maximum atomic E-state index is 4.63. The van der Waals surface area contributed by atoms with E-state index in [1.165, 1.54) is 11.3 Å². The smallest absolute Gasteiger partial charge is 0.244 e. The summed E-state index contributed by atoms with van der Waals surface area (Å²) in [6.45, 7) is 6.27. The third-order valence-electron chi connectivity index (χ3n) is 3.94. The van der Waals surface area contributed by atoms with Crippen LogP contribution in [0.15, 0.2) is 30.5 Å². The van der Waals surface area contributed by atoms with Crippen molar-refractivity contribution in [1.29, 1.82) is 0 Å². The zero-order valence-electron chi connectivity index (χ0n) is 13.3. The van der Waals surface area contributed by atoms with Crippen LogP contribution >= 0.6 is 0 Å². The van der Waals surface area contributed by atoms with Crippen LogP contribution in [-0.4, -0.2) is 28.3 Å². The number of para-hydroxylation sites is 1. The van der Waals surface area contributed by atoms with Crippen molar-refractivity contribution in [2.45, 2.75) is 33.1 Å². The van der Waals surface area contributed by atoms with Gasteiger partial charge in [0.15, 0.2) is 5.82 Å². The molecule has 1 aliphatic heterocycles. The Morgan fingerprint density at radius 3 is 3.00 bits per heavy atom. The average molecular weight is 297 g/mol. The van der Waals surface area contributed by atoms with Gasteiger partial charge in [0.25, 0.3) is 0 Å². The van der Waals surface area contributed by atoms with Crippen LogP contribution < -0.4 is 10.2 Å². The van der Waals surface area contributed by atoms with Crippen LogP contribution in [0.1, 0.15) is 32.3 Å². The quantitative estimate of drug-likeness (QED) is 0.916. The molecule has 1 aromatic carbocycles. The van der Waals surface area contributed by atoms with Crippen molar-refractivity contribution in [2.75, 3.05) is 23.3 Å². The second kappa shape index (κ2) is 6.73. The maximum absolute atomic E-state index is 4.63. The summed E-state index contributed by atoms with van der Waals surface area (Å²) in [7, 11) is 0. The standard InChI is InChI=1S/C17H23N5/c1-13(2)9-10-18-17-20-16(12-19-21-17)22-11-5-7-14-6-3-4-8-15(14)22/h3-4,6,8,12-13H,5,7,9-11H2,1-2H3,(H,18,20,21). The summed E-state index contributed by atoms with van der Waals surface area (Å²) in [5, 5.41) is 11.5. The first kappa shape index (κ1) is 14.8. The lowest BCUT2D eigenvalue weighted by atomic mass is 10.0. The summed E-state index contributed by atoms with van der Waals surface area (Å²) < 4.78 is 0. The minimum Gasteiger partial charge on any atom is -0.353 e. The van der Waals surface area contributed by atoms with Crippen molar-refractivity contribution < 1.29 is 0 Å². The normalized spacial score (nSPS) is 14.0. The summed E-state index contributed by atoms with van der Waals surface area (Å²) in [5.74, 6) is 2.15. The molecule has 116 valence electrons. The molecule has 3 rings (SSSR count). The number of hydrogen-bond acceptors (Lipinski definition) is 5. The van der Waals surface area contributed by atoms with Gasteiger partial charge in [0, 0.05) is 18.8 Å². The monoisotopic (exact) mass is 297 g/mol. The van der Waals surface area contributed by atoms with Crippen LogP contribution in [0.3, 0.4) is 0 Å². The number of hydrogen-bond donors (Lipinski definition) is 1. The fourth-order valence-electron chi connectivity index (χ4n) is 2.74. The Bertz CT molecular complexity index is 626. The van der Waals surface area contributed by atoms with E-state index in [-0.39, 0.29) is 0 Å². The first-order valence-corrected chi connectivity index (χ1v) is 8.03. The molecule has 5 nitrogen and oxygen atoms in total. The summed E-state index contributed by atoms with van der Waals surface area (Å²) >= 11 is 0. The third kappa shape index (κ3) is 3.35. The van der Waals surface area contributed by atoms with Gasteiger partial charge in [-0.1, -0.05) is 32.0 Å². The van der Waals surface area contributed by atoms with Crippen molar-refractivity contribution in [1.82, 2.24) is 15.2 Å². The summed E-state index contributed by atoms with van der Waals surface area (Å²) in [4.78, 5) is 6.87. The molecule has 2 heterocycles. The van der Waals surface area contributed by atoms with Gasteiger partial charge < -0.3 is 10.2 Å². The van der Waals surface area contributed by atoms with Gasteiger partial charge in [-0.15, -0.1) is 5.10 Å². The molecular formula is C17H23N5. The molecular weight excluding hydrogens is 274 g/mol. The Morgan fingerprint density at radius 2 is 2.14 bits per heavy atom. The number of anilines is 3. The van der Waals surface area contributed by atoms with Crippen molar-refractivity contribution in [3.63, 3.8) is 0 Å². The summed E-state index contributed by atoms with van der Waals surface area (Å²) in [5.41, 5.74) is 2.61. The minimum absolute atomic E-state index is 0.612. The van der Waals surface area contributed by atoms with E-state index in [1.807, 2.05) is 0 Å².